The number of aliphatic imine (C=N–C) groups is 1. The summed E-state index contributed by atoms with van der Waals surface area (Å²) in [4.78, 5) is 53.0. The van der Waals surface area contributed by atoms with Gasteiger partial charge in [0, 0.05) is 30.7 Å². The number of likely N-dealkylation sites (tertiary alicyclic amines) is 1. The topological polar surface area (TPSA) is 178 Å². The summed E-state index contributed by atoms with van der Waals surface area (Å²) in [6.45, 7) is 0.250. The molecule has 2 aromatic carbocycles. The van der Waals surface area contributed by atoms with Crippen LogP contribution in [0.5, 0.6) is 0 Å². The van der Waals surface area contributed by atoms with Gasteiger partial charge in [-0.1, -0.05) is 0 Å². The Bertz CT molecular complexity index is 1220. The van der Waals surface area contributed by atoms with Crippen LogP contribution in [-0.2, 0) is 22.7 Å². The van der Waals surface area contributed by atoms with Crippen LogP contribution in [0, 0.1) is 20.2 Å². The van der Waals surface area contributed by atoms with Crippen molar-refractivity contribution in [1.82, 2.24) is 9.80 Å². The molecule has 0 aromatic heterocycles. The molecule has 0 aliphatic carbocycles. The van der Waals surface area contributed by atoms with Crippen LogP contribution in [0.15, 0.2) is 53.5 Å². The number of carbonyl (C=O) groups excluding carboxylic acids is 2. The highest BCUT2D eigenvalue weighted by atomic mass is 16.6. The lowest BCUT2D eigenvalue weighted by molar-refractivity contribution is -0.385. The van der Waals surface area contributed by atoms with Crippen molar-refractivity contribution in [3.8, 4) is 0 Å². The average molecular weight is 513 g/mol. The number of benzene rings is 2. The van der Waals surface area contributed by atoms with E-state index in [0.717, 1.165) is 0 Å². The third-order valence-electron chi connectivity index (χ3n) is 5.92. The zero-order chi connectivity index (χ0) is 26.5. The number of amidine groups is 1. The second-order valence-electron chi connectivity index (χ2n) is 8.41. The minimum absolute atomic E-state index is 0.0194. The summed E-state index contributed by atoms with van der Waals surface area (Å²) in [7, 11) is 0. The third-order valence-corrected chi connectivity index (χ3v) is 5.92. The van der Waals surface area contributed by atoms with Crippen LogP contribution in [0.1, 0.15) is 17.5 Å². The molecule has 2 aliphatic heterocycles. The second-order valence-corrected chi connectivity index (χ2v) is 8.41. The van der Waals surface area contributed by atoms with Gasteiger partial charge in [0.15, 0.2) is 0 Å². The number of nitro groups is 2. The number of aliphatic hydroxyl groups is 1. The van der Waals surface area contributed by atoms with Gasteiger partial charge in [0.05, 0.1) is 41.6 Å². The Morgan fingerprint density at radius 3 is 1.95 bits per heavy atom. The molecule has 0 spiro atoms. The molecule has 2 aliphatic rings. The quantitative estimate of drug-likeness (QED) is 0.430. The lowest BCUT2D eigenvalue weighted by Crippen LogP contribution is -2.48. The number of aliphatic hydroxyl groups excluding tert-OH is 1. The first kappa shape index (κ1) is 25.5. The number of nitrogens with zero attached hydrogens (tertiary/aromatic N) is 5. The zero-order valence-electron chi connectivity index (χ0n) is 19.5. The molecule has 0 unspecified atom stereocenters. The molecular formula is C23H23N5O9. The van der Waals surface area contributed by atoms with Gasteiger partial charge in [-0.2, -0.15) is 0 Å². The highest BCUT2D eigenvalue weighted by Crippen LogP contribution is 2.25. The molecule has 2 aromatic rings. The molecule has 2 atom stereocenters. The van der Waals surface area contributed by atoms with E-state index >= 15 is 0 Å². The van der Waals surface area contributed by atoms with Crippen molar-refractivity contribution >= 4 is 29.4 Å². The highest BCUT2D eigenvalue weighted by Gasteiger charge is 2.43. The van der Waals surface area contributed by atoms with Crippen molar-refractivity contribution in [2.24, 2.45) is 4.99 Å². The molecule has 1 fully saturated rings. The van der Waals surface area contributed by atoms with Crippen molar-refractivity contribution in [2.45, 2.75) is 31.8 Å². The van der Waals surface area contributed by atoms with Gasteiger partial charge in [0.1, 0.15) is 19.0 Å². The fourth-order valence-corrected chi connectivity index (χ4v) is 4.07. The molecule has 0 saturated carbocycles. The summed E-state index contributed by atoms with van der Waals surface area (Å²) < 4.78 is 10.7. The Balaban J connectivity index is 1.36. The number of rotatable bonds is 7. The van der Waals surface area contributed by atoms with Gasteiger partial charge in [-0.25, -0.2) is 9.59 Å². The maximum absolute atomic E-state index is 12.8. The molecule has 1 saturated heterocycles. The Morgan fingerprint density at radius 1 is 0.919 bits per heavy atom. The van der Waals surface area contributed by atoms with Crippen molar-refractivity contribution in [3.05, 3.63) is 79.9 Å². The largest absolute Gasteiger partial charge is 0.445 e. The Morgan fingerprint density at radius 2 is 1.43 bits per heavy atom. The number of β-amino-alcohol motifs (C(OH)–C–C–N with tert-alkyl or cyclic N) is 1. The number of carbonyl (C=O) groups is 2. The number of non-ortho nitro benzene ring substituents is 2. The molecule has 14 nitrogen and oxygen atoms in total. The van der Waals surface area contributed by atoms with Gasteiger partial charge in [-0.15, -0.1) is 0 Å². The molecule has 1 N–H and O–H groups in total. The molecule has 4 rings (SSSR count). The highest BCUT2D eigenvalue weighted by molar-refractivity contribution is 6.01. The van der Waals surface area contributed by atoms with Crippen molar-refractivity contribution in [3.63, 3.8) is 0 Å². The van der Waals surface area contributed by atoms with E-state index in [1.807, 2.05) is 0 Å². The predicted molar refractivity (Wildman–Crippen MR) is 127 cm³/mol. The monoisotopic (exact) mass is 513 g/mol. The van der Waals surface area contributed by atoms with Crippen LogP contribution in [0.4, 0.5) is 21.0 Å². The van der Waals surface area contributed by atoms with E-state index in [-0.39, 0.29) is 49.9 Å². The normalized spacial score (nSPS) is 18.9. The summed E-state index contributed by atoms with van der Waals surface area (Å²) in [5, 5.41) is 31.8. The maximum atomic E-state index is 12.8. The van der Waals surface area contributed by atoms with Gasteiger partial charge >= 0.3 is 12.2 Å². The third kappa shape index (κ3) is 5.98. The Hall–Kier alpha value is -4.59. The number of hydrogen-bond acceptors (Lipinski definition) is 10. The number of hydrogen-bond donors (Lipinski definition) is 1. The first-order valence-electron chi connectivity index (χ1n) is 11.3. The lowest BCUT2D eigenvalue weighted by Gasteiger charge is -2.28. The summed E-state index contributed by atoms with van der Waals surface area (Å²) in [6, 6.07) is 10.4. The summed E-state index contributed by atoms with van der Waals surface area (Å²) in [5.41, 5.74) is 0.941. The first-order chi connectivity index (χ1) is 17.7. The smallest absolute Gasteiger partial charge is 0.415 e. The van der Waals surface area contributed by atoms with Crippen molar-refractivity contribution < 1.29 is 34.0 Å². The Labute approximate surface area is 210 Å². The van der Waals surface area contributed by atoms with Crippen LogP contribution in [0.25, 0.3) is 0 Å². The molecule has 2 amide bonds. The molecule has 0 bridgehead atoms. The molecule has 0 radical (unpaired) electrons. The van der Waals surface area contributed by atoms with Gasteiger partial charge in [-0.05, 0) is 35.4 Å². The molecule has 2 heterocycles. The van der Waals surface area contributed by atoms with Gasteiger partial charge in [0.2, 0.25) is 0 Å². The van der Waals surface area contributed by atoms with Crippen LogP contribution in [0.2, 0.25) is 0 Å². The maximum Gasteiger partial charge on any atom is 0.415 e. The van der Waals surface area contributed by atoms with E-state index in [2.05, 4.69) is 4.99 Å². The minimum atomic E-state index is -0.849. The lowest BCUT2D eigenvalue weighted by atomic mass is 10.1. The standard InChI is InChI=1S/C23H23N5O9/c29-19-11-20(26(12-19)23(31)37-14-16-3-7-18(8-4-16)28(34)35)21-24-9-10-25(21)22(30)36-13-15-1-5-17(6-2-15)27(32)33/h1-8,19-20,29H,9-14H2/t19-,20+/m1/s1. The summed E-state index contributed by atoms with van der Waals surface area (Å²) >= 11 is 0. The Kier molecular flexibility index (Phi) is 7.57. The molecule has 37 heavy (non-hydrogen) atoms. The van der Waals surface area contributed by atoms with E-state index < -0.39 is 34.2 Å². The van der Waals surface area contributed by atoms with Crippen LogP contribution < -0.4 is 0 Å². The summed E-state index contributed by atoms with van der Waals surface area (Å²) in [6.07, 6.45) is -2.13. The van der Waals surface area contributed by atoms with Crippen LogP contribution >= 0.6 is 0 Å². The number of amides is 2. The van der Waals surface area contributed by atoms with Gasteiger partial charge in [0.25, 0.3) is 11.4 Å². The van der Waals surface area contributed by atoms with Gasteiger partial charge < -0.3 is 14.6 Å². The van der Waals surface area contributed by atoms with E-state index in [9.17, 15) is 34.9 Å². The zero-order valence-corrected chi connectivity index (χ0v) is 19.5. The fourth-order valence-electron chi connectivity index (χ4n) is 4.07. The minimum Gasteiger partial charge on any atom is -0.445 e. The van der Waals surface area contributed by atoms with E-state index in [0.29, 0.717) is 17.7 Å². The fraction of sp³-hybridized carbons (Fsp3) is 0.348. The number of nitro benzene ring substituents is 2. The van der Waals surface area contributed by atoms with E-state index in [1.54, 1.807) is 0 Å². The van der Waals surface area contributed by atoms with Crippen LogP contribution in [0.3, 0.4) is 0 Å². The molecular weight excluding hydrogens is 490 g/mol. The van der Waals surface area contributed by atoms with Crippen LogP contribution in [-0.4, -0.2) is 74.6 Å². The molecule has 14 heteroatoms. The average Bonchev–Trinajstić information content (AvgIpc) is 3.53. The number of ether oxygens (including phenoxy) is 2. The summed E-state index contributed by atoms with van der Waals surface area (Å²) in [5.74, 6) is 0.275. The van der Waals surface area contributed by atoms with Crippen molar-refractivity contribution in [1.29, 1.82) is 0 Å². The van der Waals surface area contributed by atoms with E-state index in [1.165, 1.54) is 58.3 Å². The van der Waals surface area contributed by atoms with E-state index in [4.69, 9.17) is 9.47 Å². The van der Waals surface area contributed by atoms with Gasteiger partial charge in [-0.3, -0.25) is 35.0 Å². The second kappa shape index (κ2) is 11.0. The molecule has 194 valence electrons. The predicted octanol–water partition coefficient (Wildman–Crippen LogP) is 2.63. The SMILES string of the molecule is O=C(OCc1ccc([N+](=O)[O-])cc1)N1CCN=C1[C@@H]1C[C@@H](O)CN1C(=O)OCc1ccc([N+](=O)[O-])cc1. The van der Waals surface area contributed by atoms with Crippen molar-refractivity contribution in [2.75, 3.05) is 19.6 Å². The first-order valence-corrected chi connectivity index (χ1v) is 11.3.